The maximum Gasteiger partial charge on any atom is 0.0737 e. The summed E-state index contributed by atoms with van der Waals surface area (Å²) >= 11 is 0. The summed E-state index contributed by atoms with van der Waals surface area (Å²) in [6.07, 6.45) is 25.6. The molecule has 6 heterocycles. The zero-order chi connectivity index (χ0) is 19.9. The van der Waals surface area contributed by atoms with Crippen LogP contribution in [0.5, 0.6) is 0 Å². The Hall–Kier alpha value is -3.63. The third-order valence-corrected chi connectivity index (χ3v) is 5.03. The second-order valence-electron chi connectivity index (χ2n) is 7.18. The van der Waals surface area contributed by atoms with E-state index in [2.05, 4.69) is 21.0 Å². The van der Waals surface area contributed by atoms with Crippen molar-refractivity contribution in [2.75, 3.05) is 0 Å². The van der Waals surface area contributed by atoms with Crippen molar-refractivity contribution in [3.8, 4) is 0 Å². The summed E-state index contributed by atoms with van der Waals surface area (Å²) in [5.74, 6) is 0. The first-order valence-electron chi connectivity index (χ1n) is 9.67. The van der Waals surface area contributed by atoms with Crippen LogP contribution in [0.3, 0.4) is 0 Å². The first kappa shape index (κ1) is 19.3. The second kappa shape index (κ2) is 7.90. The normalized spacial score (nSPS) is 20.1. The quantitative estimate of drug-likeness (QED) is 0.581. The van der Waals surface area contributed by atoms with Crippen molar-refractivity contribution in [1.29, 1.82) is 0 Å². The first-order valence-corrected chi connectivity index (χ1v) is 9.67. The molecule has 0 spiro atoms. The predicted molar refractivity (Wildman–Crippen MR) is 122 cm³/mol. The number of aliphatic imine (C=N–C) groups is 4. The zero-order valence-corrected chi connectivity index (χ0v) is 19.6. The minimum absolute atomic E-state index is 0. The maximum absolute atomic E-state index is 4.85. The number of pyridine rings is 1. The number of nitrogens with zero attached hydrogens (tertiary/aromatic N) is 5. The van der Waals surface area contributed by atoms with Gasteiger partial charge in [0, 0.05) is 37.4 Å². The van der Waals surface area contributed by atoms with E-state index in [9.17, 15) is 0 Å². The van der Waals surface area contributed by atoms with Gasteiger partial charge in [-0.25, -0.2) is 20.0 Å². The van der Waals surface area contributed by atoms with Gasteiger partial charge in [-0.05, 0) is 84.5 Å². The molecule has 5 aliphatic rings. The van der Waals surface area contributed by atoms with Crippen LogP contribution in [0, 0.1) is 0 Å². The fourth-order valence-corrected chi connectivity index (χ4v) is 3.66. The fraction of sp³-hybridized carbons (Fsp3) is 0. The molecule has 1 aromatic rings. The topological polar surface area (TPSA) is 62.3 Å². The minimum Gasteiger partial charge on any atom is -0.265 e. The van der Waals surface area contributed by atoms with Crippen LogP contribution in [-0.2, 0) is 19.5 Å². The summed E-state index contributed by atoms with van der Waals surface area (Å²) in [6, 6.07) is 3.98. The fourth-order valence-electron chi connectivity index (χ4n) is 3.66. The molecule has 0 saturated carbocycles. The number of fused-ring (bicyclic) bond motifs is 4. The Labute approximate surface area is 192 Å². The van der Waals surface area contributed by atoms with Crippen LogP contribution in [0.4, 0.5) is 0 Å². The molecule has 0 radical (unpaired) electrons. The maximum atomic E-state index is 4.85. The van der Waals surface area contributed by atoms with E-state index >= 15 is 0 Å². The molecule has 0 amide bonds. The zero-order valence-electron chi connectivity index (χ0n) is 16.6. The summed E-state index contributed by atoms with van der Waals surface area (Å²) < 4.78 is 0. The van der Waals surface area contributed by atoms with E-state index < -0.39 is 0 Å². The van der Waals surface area contributed by atoms with E-state index in [1.165, 1.54) is 0 Å². The monoisotopic (exact) mass is 449 g/mol. The van der Waals surface area contributed by atoms with E-state index in [1.807, 2.05) is 72.9 Å². The van der Waals surface area contributed by atoms with Gasteiger partial charge in [-0.3, -0.25) is 4.98 Å². The van der Waals surface area contributed by atoms with Crippen LogP contribution >= 0.6 is 0 Å². The average Bonchev–Trinajstić information content (AvgIpc) is 3.53. The van der Waals surface area contributed by atoms with Gasteiger partial charge in [-0.1, -0.05) is 0 Å². The van der Waals surface area contributed by atoms with Crippen LogP contribution in [-0.4, -0.2) is 27.8 Å². The largest absolute Gasteiger partial charge is 0.265 e. The Bertz CT molecular complexity index is 1350. The van der Waals surface area contributed by atoms with Gasteiger partial charge in [-0.2, -0.15) is 0 Å². The first-order chi connectivity index (χ1) is 14.8. The van der Waals surface area contributed by atoms with Crippen molar-refractivity contribution < 1.29 is 19.5 Å². The second-order valence-corrected chi connectivity index (χ2v) is 7.18. The van der Waals surface area contributed by atoms with Crippen LogP contribution in [0.1, 0.15) is 5.56 Å². The van der Waals surface area contributed by atoms with Crippen molar-refractivity contribution in [2.45, 2.75) is 0 Å². The molecule has 6 rings (SSSR count). The number of allylic oxidation sites excluding steroid dienone is 12. The summed E-state index contributed by atoms with van der Waals surface area (Å²) in [5.41, 5.74) is 9.07. The van der Waals surface area contributed by atoms with E-state index in [0.717, 1.165) is 56.8 Å². The molecular formula is C25H15N5Zn. The van der Waals surface area contributed by atoms with Crippen molar-refractivity contribution in [3.63, 3.8) is 0 Å². The number of aromatic nitrogens is 1. The molecule has 6 heteroatoms. The molecule has 0 fully saturated rings. The number of hydrogen-bond donors (Lipinski definition) is 0. The molecule has 0 aromatic carbocycles. The molecule has 5 aliphatic heterocycles. The van der Waals surface area contributed by atoms with Gasteiger partial charge in [0.2, 0.25) is 0 Å². The third kappa shape index (κ3) is 3.90. The summed E-state index contributed by atoms with van der Waals surface area (Å²) in [5, 5.41) is 0. The summed E-state index contributed by atoms with van der Waals surface area (Å²) in [4.78, 5) is 23.0. The SMILES string of the molecule is C1=CC2=NC1=CC1=NC(=CC3=NC(=CC4=NC(=C2)C=C4)C(c2ccncc2)=C3)C=C1.[Zn]. The molecule has 31 heavy (non-hydrogen) atoms. The van der Waals surface area contributed by atoms with Crippen molar-refractivity contribution in [2.24, 2.45) is 20.0 Å². The minimum atomic E-state index is 0. The molecule has 0 aliphatic carbocycles. The van der Waals surface area contributed by atoms with Crippen molar-refractivity contribution >= 4 is 28.4 Å². The van der Waals surface area contributed by atoms with Gasteiger partial charge in [-0.15, -0.1) is 0 Å². The predicted octanol–water partition coefficient (Wildman–Crippen LogP) is 4.50. The van der Waals surface area contributed by atoms with E-state index in [-0.39, 0.29) is 19.5 Å². The van der Waals surface area contributed by atoms with Crippen molar-refractivity contribution in [1.82, 2.24) is 4.98 Å². The van der Waals surface area contributed by atoms with Gasteiger partial charge in [0.1, 0.15) is 0 Å². The van der Waals surface area contributed by atoms with Gasteiger partial charge in [0.15, 0.2) is 0 Å². The summed E-state index contributed by atoms with van der Waals surface area (Å²) in [6.45, 7) is 0. The van der Waals surface area contributed by atoms with Gasteiger partial charge < -0.3 is 0 Å². The third-order valence-electron chi connectivity index (χ3n) is 5.03. The van der Waals surface area contributed by atoms with Crippen LogP contribution in [0.2, 0.25) is 0 Å². The molecule has 142 valence electrons. The molecule has 0 unspecified atom stereocenters. The Morgan fingerprint density at radius 1 is 0.484 bits per heavy atom. The van der Waals surface area contributed by atoms with Gasteiger partial charge >= 0.3 is 0 Å². The molecule has 0 N–H and O–H groups in total. The molecule has 1 aromatic heterocycles. The van der Waals surface area contributed by atoms with Crippen LogP contribution < -0.4 is 0 Å². The Balaban J connectivity index is 0.00000204. The smallest absolute Gasteiger partial charge is 0.0737 e. The summed E-state index contributed by atoms with van der Waals surface area (Å²) in [7, 11) is 0. The molecule has 0 atom stereocenters. The number of hydrogen-bond acceptors (Lipinski definition) is 5. The Morgan fingerprint density at radius 3 is 1.58 bits per heavy atom. The average molecular weight is 451 g/mol. The van der Waals surface area contributed by atoms with E-state index in [0.29, 0.717) is 0 Å². The van der Waals surface area contributed by atoms with Crippen LogP contribution in [0.15, 0.2) is 134 Å². The standard InChI is InChI=1S/C25H15N5.Zn/c1-2-18-12-20-5-6-22(29-20)15-25-24(16-7-9-26-10-8-16)14-23(30-25)13-21-4-3-19(28-21)11-17(1)27-18;/h1-15H;. The van der Waals surface area contributed by atoms with E-state index in [4.69, 9.17) is 9.98 Å². The molecule has 8 bridgehead atoms. The Morgan fingerprint density at radius 2 is 1.00 bits per heavy atom. The molecule has 5 nitrogen and oxygen atoms in total. The van der Waals surface area contributed by atoms with Gasteiger partial charge in [0.05, 0.1) is 45.6 Å². The molecule has 0 saturated heterocycles. The van der Waals surface area contributed by atoms with E-state index in [1.54, 1.807) is 12.4 Å². The van der Waals surface area contributed by atoms with Gasteiger partial charge in [0.25, 0.3) is 0 Å². The Kier molecular flexibility index (Phi) is 4.93. The van der Waals surface area contributed by atoms with Crippen LogP contribution in [0.25, 0.3) is 5.57 Å². The molecular weight excluding hydrogens is 436 g/mol. The number of rotatable bonds is 1. The van der Waals surface area contributed by atoms with Crippen molar-refractivity contribution in [3.05, 3.63) is 120 Å².